The molecule has 1 aromatic carbocycles. The van der Waals surface area contributed by atoms with Gasteiger partial charge in [0.05, 0.1) is 11.4 Å². The first-order chi connectivity index (χ1) is 10.5. The number of nitrogens with zero attached hydrogens (tertiary/aromatic N) is 1. The number of ether oxygens (including phenoxy) is 1. The van der Waals surface area contributed by atoms with E-state index < -0.39 is 22.2 Å². The molecule has 3 rings (SSSR count). The fourth-order valence-electron chi connectivity index (χ4n) is 2.92. The van der Waals surface area contributed by atoms with Gasteiger partial charge < -0.3 is 9.64 Å². The van der Waals surface area contributed by atoms with Gasteiger partial charge in [-0.3, -0.25) is 0 Å². The summed E-state index contributed by atoms with van der Waals surface area (Å²) in [4.78, 5) is 13.0. The average Bonchev–Trinajstić information content (AvgIpc) is 2.83. The minimum atomic E-state index is -3.58. The second kappa shape index (κ2) is 5.89. The highest BCUT2D eigenvalue weighted by atomic mass is 32.2. The largest absolute Gasteiger partial charge is 0.443 e. The fourth-order valence-corrected chi connectivity index (χ4v) is 4.04. The molecule has 1 fully saturated rings. The van der Waals surface area contributed by atoms with E-state index in [9.17, 15) is 13.2 Å². The topological polar surface area (TPSA) is 75.7 Å². The zero-order valence-electron chi connectivity index (χ0n) is 12.5. The number of aryl methyl sites for hydroxylation is 2. The second-order valence-electron chi connectivity index (χ2n) is 5.88. The predicted octanol–water partition coefficient (Wildman–Crippen LogP) is 1.29. The van der Waals surface area contributed by atoms with Gasteiger partial charge in [0.25, 0.3) is 0 Å². The maximum Gasteiger partial charge on any atom is 0.410 e. The van der Waals surface area contributed by atoms with Crippen LogP contribution < -0.4 is 4.72 Å². The van der Waals surface area contributed by atoms with E-state index in [1.165, 1.54) is 10.5 Å². The third kappa shape index (κ3) is 3.10. The van der Waals surface area contributed by atoms with Crippen LogP contribution in [-0.2, 0) is 27.6 Å². The second-order valence-corrected chi connectivity index (χ2v) is 7.64. The molecule has 2 aliphatic rings. The van der Waals surface area contributed by atoms with E-state index in [0.717, 1.165) is 31.2 Å². The van der Waals surface area contributed by atoms with Gasteiger partial charge >= 0.3 is 6.09 Å². The molecule has 0 saturated carbocycles. The van der Waals surface area contributed by atoms with Crippen LogP contribution >= 0.6 is 0 Å². The number of hydrogen-bond donors (Lipinski definition) is 1. The summed E-state index contributed by atoms with van der Waals surface area (Å²) in [5, 5.41) is 0. The van der Waals surface area contributed by atoms with E-state index in [-0.39, 0.29) is 11.4 Å². The molecule has 0 bridgehead atoms. The van der Waals surface area contributed by atoms with Crippen LogP contribution in [0.3, 0.4) is 0 Å². The monoisotopic (exact) mass is 324 g/mol. The van der Waals surface area contributed by atoms with Crippen molar-refractivity contribution in [2.75, 3.05) is 20.1 Å². The number of carbonyl (C=O) groups excluding carboxylic acids is 1. The van der Waals surface area contributed by atoms with Crippen LogP contribution in [0.2, 0.25) is 0 Å². The van der Waals surface area contributed by atoms with Gasteiger partial charge in [-0.1, -0.05) is 6.07 Å². The molecule has 1 unspecified atom stereocenters. The number of amides is 1. The van der Waals surface area contributed by atoms with E-state index >= 15 is 0 Å². The van der Waals surface area contributed by atoms with Crippen LogP contribution in [0.15, 0.2) is 23.1 Å². The zero-order chi connectivity index (χ0) is 15.7. The highest BCUT2D eigenvalue weighted by Crippen LogP contribution is 2.24. The molecule has 1 heterocycles. The number of nitrogens with one attached hydrogen (secondary N) is 1. The van der Waals surface area contributed by atoms with Crippen molar-refractivity contribution in [3.8, 4) is 0 Å². The Labute approximate surface area is 130 Å². The van der Waals surface area contributed by atoms with Crippen molar-refractivity contribution >= 4 is 16.1 Å². The van der Waals surface area contributed by atoms with Gasteiger partial charge in [-0.15, -0.1) is 0 Å². The SMILES string of the molecule is CN1CC(CNS(=O)(=O)c2ccc3c(c2)CCCC3)OC1=O. The molecule has 6 nitrogen and oxygen atoms in total. The molecule has 1 N–H and O–H groups in total. The lowest BCUT2D eigenvalue weighted by molar-refractivity contribution is 0.135. The number of fused-ring (bicyclic) bond motifs is 1. The first kappa shape index (κ1) is 15.3. The van der Waals surface area contributed by atoms with Crippen LogP contribution in [0.1, 0.15) is 24.0 Å². The predicted molar refractivity (Wildman–Crippen MR) is 81.2 cm³/mol. The Morgan fingerprint density at radius 2 is 2.00 bits per heavy atom. The van der Waals surface area contributed by atoms with E-state index in [1.54, 1.807) is 19.2 Å². The Bertz CT molecular complexity index is 687. The number of rotatable bonds is 4. The summed E-state index contributed by atoms with van der Waals surface area (Å²) < 4.78 is 32.3. The Morgan fingerprint density at radius 1 is 1.27 bits per heavy atom. The standard InChI is InChI=1S/C15H20N2O4S/c1-17-10-13(21-15(17)18)9-16-22(19,20)14-7-6-11-4-2-3-5-12(11)8-14/h6-8,13,16H,2-5,9-10H2,1H3. The van der Waals surface area contributed by atoms with Crippen LogP contribution in [0.25, 0.3) is 0 Å². The summed E-state index contributed by atoms with van der Waals surface area (Å²) >= 11 is 0. The maximum absolute atomic E-state index is 12.4. The molecule has 1 aliphatic carbocycles. The van der Waals surface area contributed by atoms with Gasteiger partial charge in [-0.25, -0.2) is 17.9 Å². The van der Waals surface area contributed by atoms with E-state index in [1.807, 2.05) is 6.07 Å². The quantitative estimate of drug-likeness (QED) is 0.905. The molecule has 1 aromatic rings. The van der Waals surface area contributed by atoms with Gasteiger partial charge in [-0.05, 0) is 48.9 Å². The number of sulfonamides is 1. The summed E-state index contributed by atoms with van der Waals surface area (Å²) in [5.41, 5.74) is 2.37. The minimum Gasteiger partial charge on any atom is -0.443 e. The average molecular weight is 324 g/mol. The molecule has 1 amide bonds. The van der Waals surface area contributed by atoms with Crippen LogP contribution in [0.4, 0.5) is 4.79 Å². The van der Waals surface area contributed by atoms with Crippen molar-refractivity contribution in [3.05, 3.63) is 29.3 Å². The van der Waals surface area contributed by atoms with Gasteiger partial charge in [0.1, 0.15) is 6.10 Å². The van der Waals surface area contributed by atoms with E-state index in [0.29, 0.717) is 6.54 Å². The maximum atomic E-state index is 12.4. The number of carbonyl (C=O) groups is 1. The first-order valence-corrected chi connectivity index (χ1v) is 8.97. The minimum absolute atomic E-state index is 0.0928. The highest BCUT2D eigenvalue weighted by Gasteiger charge is 2.29. The fraction of sp³-hybridized carbons (Fsp3) is 0.533. The molecule has 120 valence electrons. The number of likely N-dealkylation sites (N-methyl/N-ethyl adjacent to an activating group) is 1. The van der Waals surface area contributed by atoms with Crippen molar-refractivity contribution in [2.45, 2.75) is 36.7 Å². The molecule has 1 atom stereocenters. The lowest BCUT2D eigenvalue weighted by Gasteiger charge is -2.17. The summed E-state index contributed by atoms with van der Waals surface area (Å²) in [6.07, 6.45) is 3.37. The summed E-state index contributed by atoms with van der Waals surface area (Å²) in [7, 11) is -1.95. The molecule has 0 spiro atoms. The molecule has 0 radical (unpaired) electrons. The van der Waals surface area contributed by atoms with Crippen molar-refractivity contribution in [1.82, 2.24) is 9.62 Å². The van der Waals surface area contributed by atoms with E-state index in [2.05, 4.69) is 4.72 Å². The lowest BCUT2D eigenvalue weighted by Crippen LogP contribution is -2.34. The Kier molecular flexibility index (Phi) is 4.10. The molecule has 7 heteroatoms. The summed E-state index contributed by atoms with van der Waals surface area (Å²) in [6.45, 7) is 0.487. The van der Waals surface area contributed by atoms with Crippen molar-refractivity contribution in [2.24, 2.45) is 0 Å². The van der Waals surface area contributed by atoms with Crippen molar-refractivity contribution < 1.29 is 17.9 Å². The molecular formula is C15H20N2O4S. The summed E-state index contributed by atoms with van der Waals surface area (Å²) in [6, 6.07) is 5.33. The zero-order valence-corrected chi connectivity index (χ0v) is 13.4. The first-order valence-electron chi connectivity index (χ1n) is 7.49. The van der Waals surface area contributed by atoms with Crippen LogP contribution in [0, 0.1) is 0 Å². The van der Waals surface area contributed by atoms with Gasteiger partial charge in [0.2, 0.25) is 10.0 Å². The third-order valence-corrected chi connectivity index (χ3v) is 5.61. The van der Waals surface area contributed by atoms with Gasteiger partial charge in [-0.2, -0.15) is 0 Å². The Balaban J connectivity index is 1.69. The number of benzene rings is 1. The number of hydrogen-bond acceptors (Lipinski definition) is 4. The highest BCUT2D eigenvalue weighted by molar-refractivity contribution is 7.89. The summed E-state index contributed by atoms with van der Waals surface area (Å²) in [5.74, 6) is 0. The van der Waals surface area contributed by atoms with Crippen molar-refractivity contribution in [3.63, 3.8) is 0 Å². The molecule has 1 saturated heterocycles. The van der Waals surface area contributed by atoms with Gasteiger partial charge in [0, 0.05) is 13.6 Å². The molecule has 1 aliphatic heterocycles. The smallest absolute Gasteiger partial charge is 0.410 e. The third-order valence-electron chi connectivity index (χ3n) is 4.19. The normalized spacial score (nSPS) is 21.6. The molecular weight excluding hydrogens is 304 g/mol. The van der Waals surface area contributed by atoms with Crippen LogP contribution in [0.5, 0.6) is 0 Å². The number of cyclic esters (lactones) is 1. The Morgan fingerprint density at radius 3 is 2.68 bits per heavy atom. The molecule has 22 heavy (non-hydrogen) atoms. The van der Waals surface area contributed by atoms with E-state index in [4.69, 9.17) is 4.74 Å². The Hall–Kier alpha value is -1.60. The lowest BCUT2D eigenvalue weighted by atomic mass is 9.92. The van der Waals surface area contributed by atoms with Crippen LogP contribution in [-0.4, -0.2) is 45.7 Å². The van der Waals surface area contributed by atoms with Gasteiger partial charge in [0.15, 0.2) is 0 Å². The molecule has 0 aromatic heterocycles. The van der Waals surface area contributed by atoms with Crippen molar-refractivity contribution in [1.29, 1.82) is 0 Å².